The van der Waals surface area contributed by atoms with E-state index in [0.717, 1.165) is 21.8 Å². The molecule has 1 heterocycles. The van der Waals surface area contributed by atoms with E-state index in [-0.39, 0.29) is 5.84 Å². The van der Waals surface area contributed by atoms with Crippen LogP contribution >= 0.6 is 11.3 Å². The van der Waals surface area contributed by atoms with Gasteiger partial charge in [0.25, 0.3) is 0 Å². The number of carbonyl (C=O) groups excluding carboxylic acids is 1. The number of amidine groups is 1. The number of benzene rings is 2. The highest BCUT2D eigenvalue weighted by molar-refractivity contribution is 7.12. The van der Waals surface area contributed by atoms with Crippen LogP contribution in [-0.4, -0.2) is 11.8 Å². The van der Waals surface area contributed by atoms with Crippen LogP contribution < -0.4 is 10.5 Å². The monoisotopic (exact) mass is 380 g/mol. The van der Waals surface area contributed by atoms with Crippen LogP contribution in [0.2, 0.25) is 0 Å². The van der Waals surface area contributed by atoms with Crippen molar-refractivity contribution in [3.8, 4) is 5.75 Å². The van der Waals surface area contributed by atoms with Gasteiger partial charge in [0.05, 0.1) is 10.4 Å². The molecule has 2 N–H and O–H groups in total. The molecule has 0 saturated carbocycles. The molecule has 0 spiro atoms. The van der Waals surface area contributed by atoms with Crippen molar-refractivity contribution >= 4 is 23.1 Å². The summed E-state index contributed by atoms with van der Waals surface area (Å²) >= 11 is 1.42. The van der Waals surface area contributed by atoms with E-state index < -0.39 is 5.97 Å². The molecule has 0 amide bonds. The number of ether oxygens (including phenoxy) is 1. The molecular formula is C21H20N2O3S. The molecule has 0 saturated heterocycles. The lowest BCUT2D eigenvalue weighted by Crippen LogP contribution is -2.13. The fraction of sp³-hybridized carbons (Fsp3) is 0.143. The molecular weight excluding hydrogens is 360 g/mol. The molecule has 0 unspecified atom stereocenters. The lowest BCUT2D eigenvalue weighted by Gasteiger charge is -2.10. The Hall–Kier alpha value is -3.12. The van der Waals surface area contributed by atoms with Crippen molar-refractivity contribution in [2.75, 3.05) is 0 Å². The van der Waals surface area contributed by atoms with Gasteiger partial charge in [0, 0.05) is 0 Å². The number of oxime groups is 1. The summed E-state index contributed by atoms with van der Waals surface area (Å²) in [4.78, 5) is 17.9. The lowest BCUT2D eigenvalue weighted by atomic mass is 10.1. The van der Waals surface area contributed by atoms with E-state index in [1.807, 2.05) is 49.6 Å². The zero-order chi connectivity index (χ0) is 19.2. The van der Waals surface area contributed by atoms with Crippen molar-refractivity contribution in [2.24, 2.45) is 10.9 Å². The summed E-state index contributed by atoms with van der Waals surface area (Å²) in [6.45, 7) is 4.40. The van der Waals surface area contributed by atoms with Crippen molar-refractivity contribution in [3.63, 3.8) is 0 Å². The average molecular weight is 380 g/mol. The maximum Gasteiger partial charge on any atom is 0.365 e. The molecule has 0 radical (unpaired) electrons. The molecule has 27 heavy (non-hydrogen) atoms. The summed E-state index contributed by atoms with van der Waals surface area (Å²) in [6, 6.07) is 16.7. The normalized spacial score (nSPS) is 11.3. The Morgan fingerprint density at radius 3 is 2.70 bits per heavy atom. The quantitative estimate of drug-likeness (QED) is 0.297. The fourth-order valence-electron chi connectivity index (χ4n) is 2.52. The maximum atomic E-state index is 12.2. The zero-order valence-corrected chi connectivity index (χ0v) is 16.0. The molecule has 0 aliphatic heterocycles. The second-order valence-corrected chi connectivity index (χ2v) is 7.04. The highest BCUT2D eigenvalue weighted by Gasteiger charge is 2.10. The Labute approximate surface area is 162 Å². The molecule has 138 valence electrons. The topological polar surface area (TPSA) is 73.9 Å². The van der Waals surface area contributed by atoms with Gasteiger partial charge in [0.1, 0.15) is 12.4 Å². The van der Waals surface area contributed by atoms with Gasteiger partial charge in [-0.2, -0.15) is 0 Å². The number of hydrogen-bond donors (Lipinski definition) is 1. The van der Waals surface area contributed by atoms with Crippen LogP contribution in [-0.2, 0) is 11.4 Å². The highest BCUT2D eigenvalue weighted by Crippen LogP contribution is 2.20. The van der Waals surface area contributed by atoms with Gasteiger partial charge in [0.15, 0.2) is 5.84 Å². The molecule has 0 aliphatic rings. The van der Waals surface area contributed by atoms with Crippen LogP contribution in [0.1, 0.15) is 31.9 Å². The van der Waals surface area contributed by atoms with Crippen molar-refractivity contribution in [3.05, 3.63) is 87.1 Å². The molecule has 0 aliphatic carbocycles. The first-order chi connectivity index (χ1) is 13.0. The number of hydrogen-bond acceptors (Lipinski definition) is 5. The van der Waals surface area contributed by atoms with E-state index in [2.05, 4.69) is 11.2 Å². The number of thiophene rings is 1. The summed E-state index contributed by atoms with van der Waals surface area (Å²) in [5.74, 6) is 0.428. The van der Waals surface area contributed by atoms with Gasteiger partial charge < -0.3 is 15.3 Å². The molecule has 0 atom stereocenters. The second kappa shape index (κ2) is 8.51. The van der Waals surface area contributed by atoms with Crippen LogP contribution in [0.25, 0.3) is 0 Å². The molecule has 0 bridgehead atoms. The van der Waals surface area contributed by atoms with Gasteiger partial charge in [-0.1, -0.05) is 41.1 Å². The lowest BCUT2D eigenvalue weighted by molar-refractivity contribution is 0.0516. The predicted octanol–water partition coefficient (Wildman–Crippen LogP) is 4.42. The largest absolute Gasteiger partial charge is 0.489 e. The molecule has 6 heteroatoms. The molecule has 3 rings (SSSR count). The second-order valence-electron chi connectivity index (χ2n) is 6.09. The molecule has 3 aromatic rings. The number of carbonyl (C=O) groups is 1. The van der Waals surface area contributed by atoms with Gasteiger partial charge in [-0.15, -0.1) is 11.3 Å². The predicted molar refractivity (Wildman–Crippen MR) is 107 cm³/mol. The molecule has 5 nitrogen and oxygen atoms in total. The van der Waals surface area contributed by atoms with E-state index >= 15 is 0 Å². The molecule has 1 aromatic heterocycles. The fourth-order valence-corrected chi connectivity index (χ4v) is 3.14. The highest BCUT2D eigenvalue weighted by atomic mass is 32.1. The van der Waals surface area contributed by atoms with Crippen LogP contribution in [0.4, 0.5) is 0 Å². The summed E-state index contributed by atoms with van der Waals surface area (Å²) in [5.41, 5.74) is 9.31. The summed E-state index contributed by atoms with van der Waals surface area (Å²) in [6.07, 6.45) is 0. The Morgan fingerprint density at radius 2 is 1.96 bits per heavy atom. The van der Waals surface area contributed by atoms with E-state index in [4.69, 9.17) is 15.3 Å². The average Bonchev–Trinajstić information content (AvgIpc) is 3.20. The summed E-state index contributed by atoms with van der Waals surface area (Å²) in [5, 5.41) is 5.58. The van der Waals surface area contributed by atoms with Crippen molar-refractivity contribution in [1.82, 2.24) is 0 Å². The minimum atomic E-state index is -0.567. The molecule has 0 fully saturated rings. The minimum absolute atomic E-state index is 0.174. The molecule has 2 aromatic carbocycles. The van der Waals surface area contributed by atoms with Crippen molar-refractivity contribution in [2.45, 2.75) is 20.5 Å². The Kier molecular flexibility index (Phi) is 5.88. The van der Waals surface area contributed by atoms with Gasteiger partial charge in [-0.3, -0.25) is 0 Å². The first-order valence-corrected chi connectivity index (χ1v) is 9.28. The number of rotatable bonds is 6. The smallest absolute Gasteiger partial charge is 0.365 e. The summed E-state index contributed by atoms with van der Waals surface area (Å²) < 4.78 is 5.86. The van der Waals surface area contributed by atoms with Crippen LogP contribution in [0.15, 0.2) is 65.1 Å². The standard InChI is InChI=1S/C21H20N2O3S/c1-14-8-9-18(15(2)11-14)25-13-16-5-3-6-17(12-16)21(24)26-23-20(22)19-7-4-10-27-19/h3-12H,13H2,1-2H3,(H2,22,23). The number of nitrogens with two attached hydrogens (primary N) is 1. The van der Waals surface area contributed by atoms with Gasteiger partial charge in [-0.25, -0.2) is 4.79 Å². The third-order valence-corrected chi connectivity index (χ3v) is 4.78. The number of nitrogens with zero attached hydrogens (tertiary/aromatic N) is 1. The van der Waals surface area contributed by atoms with Gasteiger partial charge in [0.2, 0.25) is 0 Å². The SMILES string of the molecule is Cc1ccc(OCc2cccc(C(=O)O/N=C(\N)c3cccs3)c2)c(C)c1. The van der Waals surface area contributed by atoms with Crippen LogP contribution in [0.5, 0.6) is 5.75 Å². The number of aryl methyl sites for hydroxylation is 2. The minimum Gasteiger partial charge on any atom is -0.489 e. The van der Waals surface area contributed by atoms with E-state index in [0.29, 0.717) is 12.2 Å². The Balaban J connectivity index is 1.64. The maximum absolute atomic E-state index is 12.2. The summed E-state index contributed by atoms with van der Waals surface area (Å²) in [7, 11) is 0. The Bertz CT molecular complexity index is 965. The Morgan fingerprint density at radius 1 is 1.11 bits per heavy atom. The zero-order valence-electron chi connectivity index (χ0n) is 15.1. The van der Waals surface area contributed by atoms with Crippen LogP contribution in [0.3, 0.4) is 0 Å². The van der Waals surface area contributed by atoms with E-state index in [1.54, 1.807) is 18.2 Å². The first kappa shape index (κ1) is 18.7. The first-order valence-electron chi connectivity index (χ1n) is 8.40. The van der Waals surface area contributed by atoms with Crippen molar-refractivity contribution < 1.29 is 14.4 Å². The third kappa shape index (κ3) is 4.95. The van der Waals surface area contributed by atoms with E-state index in [1.165, 1.54) is 16.9 Å². The van der Waals surface area contributed by atoms with Gasteiger partial charge >= 0.3 is 5.97 Å². The third-order valence-electron chi connectivity index (χ3n) is 3.89. The van der Waals surface area contributed by atoms with Crippen LogP contribution in [0, 0.1) is 13.8 Å². The van der Waals surface area contributed by atoms with Crippen molar-refractivity contribution in [1.29, 1.82) is 0 Å². The van der Waals surface area contributed by atoms with E-state index in [9.17, 15) is 4.79 Å². The van der Waals surface area contributed by atoms with Gasteiger partial charge in [-0.05, 0) is 54.6 Å².